The molecule has 0 bridgehead atoms. The number of aliphatic carboxylic acids is 1. The van der Waals surface area contributed by atoms with E-state index in [1.165, 1.54) is 0 Å². The van der Waals surface area contributed by atoms with Gasteiger partial charge in [0.05, 0.1) is 0 Å². The molecule has 4 heteroatoms. The van der Waals surface area contributed by atoms with Gasteiger partial charge in [-0.3, -0.25) is 0 Å². The second-order valence-corrected chi connectivity index (χ2v) is 5.52. The third-order valence-corrected chi connectivity index (χ3v) is 2.19. The van der Waals surface area contributed by atoms with Crippen LogP contribution >= 0.6 is 0 Å². The van der Waals surface area contributed by atoms with E-state index in [2.05, 4.69) is 6.92 Å². The topological polar surface area (TPSA) is 46.5 Å². The van der Waals surface area contributed by atoms with Gasteiger partial charge in [-0.1, -0.05) is 13.3 Å². The third-order valence-electron chi connectivity index (χ3n) is 1.46. The first kappa shape index (κ1) is 12.2. The van der Waals surface area contributed by atoms with E-state index in [-0.39, 0.29) is 5.76 Å². The average Bonchev–Trinajstić information content (AvgIpc) is 2.02. The zero-order valence-corrected chi connectivity index (χ0v) is 9.69. The van der Waals surface area contributed by atoms with E-state index in [1.54, 1.807) is 6.08 Å². The van der Waals surface area contributed by atoms with Crippen LogP contribution in [0.3, 0.4) is 0 Å². The lowest BCUT2D eigenvalue weighted by Crippen LogP contribution is -2.13. The highest BCUT2D eigenvalue weighted by molar-refractivity contribution is 6.49. The molecule has 76 valence electrons. The van der Waals surface area contributed by atoms with Crippen LogP contribution in [0.4, 0.5) is 0 Å². The number of unbranched alkanes of at least 4 members (excludes halogenated alkanes) is 2. The minimum absolute atomic E-state index is 0.134. The molecule has 0 aliphatic rings. The Morgan fingerprint density at radius 2 is 2.15 bits per heavy atom. The molecule has 0 saturated carbocycles. The SMILES string of the molecule is CCCC/C=C(/O[SiH](C)C)C(=O)O. The van der Waals surface area contributed by atoms with E-state index in [0.717, 1.165) is 19.3 Å². The largest absolute Gasteiger partial charge is 0.542 e. The van der Waals surface area contributed by atoms with Crippen LogP contribution in [0.5, 0.6) is 0 Å². The quantitative estimate of drug-likeness (QED) is 0.311. The van der Waals surface area contributed by atoms with Crippen molar-refractivity contribution < 1.29 is 14.3 Å². The van der Waals surface area contributed by atoms with Crippen molar-refractivity contribution in [3.8, 4) is 0 Å². The second-order valence-electron chi connectivity index (χ2n) is 3.18. The Balaban J connectivity index is 4.07. The van der Waals surface area contributed by atoms with E-state index in [4.69, 9.17) is 9.53 Å². The number of carboxylic acids is 1. The maximum atomic E-state index is 10.7. The summed E-state index contributed by atoms with van der Waals surface area (Å²) in [5, 5.41) is 8.75. The molecule has 0 amide bonds. The van der Waals surface area contributed by atoms with E-state index in [9.17, 15) is 4.79 Å². The first-order valence-electron chi connectivity index (χ1n) is 4.68. The molecule has 1 N–H and O–H groups in total. The number of hydrogen-bond donors (Lipinski definition) is 1. The van der Waals surface area contributed by atoms with Crippen molar-refractivity contribution in [2.75, 3.05) is 0 Å². The molecule has 13 heavy (non-hydrogen) atoms. The Morgan fingerprint density at radius 1 is 1.54 bits per heavy atom. The van der Waals surface area contributed by atoms with Crippen LogP contribution in [0.2, 0.25) is 13.1 Å². The van der Waals surface area contributed by atoms with Gasteiger partial charge in [0.25, 0.3) is 0 Å². The third kappa shape index (κ3) is 6.39. The first-order valence-corrected chi connectivity index (χ1v) is 7.46. The van der Waals surface area contributed by atoms with Gasteiger partial charge in [-0.05, 0) is 32.0 Å². The summed E-state index contributed by atoms with van der Waals surface area (Å²) in [5.41, 5.74) is 0. The number of hydrogen-bond acceptors (Lipinski definition) is 2. The molecule has 0 unspecified atom stereocenters. The van der Waals surface area contributed by atoms with E-state index >= 15 is 0 Å². The molecule has 0 fully saturated rings. The summed E-state index contributed by atoms with van der Waals surface area (Å²) >= 11 is 0. The molecule has 0 radical (unpaired) electrons. The number of rotatable bonds is 6. The Kier molecular flexibility index (Phi) is 6.31. The minimum Gasteiger partial charge on any atom is -0.542 e. The smallest absolute Gasteiger partial charge is 0.369 e. The van der Waals surface area contributed by atoms with Crippen LogP contribution in [0.15, 0.2) is 11.8 Å². The summed E-state index contributed by atoms with van der Waals surface area (Å²) in [5.74, 6) is -0.813. The molecule has 3 nitrogen and oxygen atoms in total. The van der Waals surface area contributed by atoms with Crippen molar-refractivity contribution in [1.29, 1.82) is 0 Å². The van der Waals surface area contributed by atoms with Crippen molar-refractivity contribution in [1.82, 2.24) is 0 Å². The van der Waals surface area contributed by atoms with Gasteiger partial charge in [0.2, 0.25) is 9.04 Å². The monoisotopic (exact) mass is 202 g/mol. The fourth-order valence-corrected chi connectivity index (χ4v) is 1.58. The van der Waals surface area contributed by atoms with Crippen LogP contribution in [-0.2, 0) is 9.22 Å². The van der Waals surface area contributed by atoms with Crippen LogP contribution in [-0.4, -0.2) is 20.1 Å². The fourth-order valence-electron chi connectivity index (χ4n) is 0.877. The molecule has 0 saturated heterocycles. The van der Waals surface area contributed by atoms with E-state index in [0.29, 0.717) is 0 Å². The highest BCUT2D eigenvalue weighted by Gasteiger charge is 2.09. The van der Waals surface area contributed by atoms with Crippen LogP contribution < -0.4 is 0 Å². The molecule has 0 heterocycles. The summed E-state index contributed by atoms with van der Waals surface area (Å²) in [7, 11) is -1.29. The van der Waals surface area contributed by atoms with Crippen molar-refractivity contribution in [3.63, 3.8) is 0 Å². The molecule has 0 aromatic heterocycles. The zero-order chi connectivity index (χ0) is 10.3. The van der Waals surface area contributed by atoms with Crippen molar-refractivity contribution in [3.05, 3.63) is 11.8 Å². The second kappa shape index (κ2) is 6.71. The lowest BCUT2D eigenvalue weighted by molar-refractivity contribution is -0.135. The molecule has 0 rings (SSSR count). The van der Waals surface area contributed by atoms with Crippen molar-refractivity contribution >= 4 is 15.0 Å². The number of allylic oxidation sites excluding steroid dienone is 1. The highest BCUT2D eigenvalue weighted by Crippen LogP contribution is 2.05. The van der Waals surface area contributed by atoms with E-state index < -0.39 is 15.0 Å². The highest BCUT2D eigenvalue weighted by atomic mass is 28.3. The predicted molar refractivity (Wildman–Crippen MR) is 55.2 cm³/mol. The Morgan fingerprint density at radius 3 is 2.54 bits per heavy atom. The predicted octanol–water partition coefficient (Wildman–Crippen LogP) is 2.15. The van der Waals surface area contributed by atoms with Gasteiger partial charge in [0.15, 0.2) is 5.76 Å². The summed E-state index contributed by atoms with van der Waals surface area (Å²) in [6.07, 6.45) is 4.56. The standard InChI is InChI=1S/C9H18O3Si/c1-4-5-6-7-8(9(10)11)12-13(2)3/h7,13H,4-6H2,1-3H3,(H,10,11)/b8-7+. The molecular formula is C9H18O3Si. The van der Waals surface area contributed by atoms with Crippen molar-refractivity contribution in [2.24, 2.45) is 0 Å². The maximum Gasteiger partial charge on any atom is 0.369 e. The van der Waals surface area contributed by atoms with Gasteiger partial charge in [0.1, 0.15) is 0 Å². The van der Waals surface area contributed by atoms with Gasteiger partial charge in [-0.25, -0.2) is 4.79 Å². The number of carbonyl (C=O) groups is 1. The Bertz CT molecular complexity index is 187. The lowest BCUT2D eigenvalue weighted by Gasteiger charge is -2.09. The lowest BCUT2D eigenvalue weighted by atomic mass is 10.2. The normalized spacial score (nSPS) is 11.8. The van der Waals surface area contributed by atoms with Crippen LogP contribution in [0.25, 0.3) is 0 Å². The maximum absolute atomic E-state index is 10.7. The molecule has 0 aromatic carbocycles. The van der Waals surface area contributed by atoms with Gasteiger partial charge in [-0.15, -0.1) is 0 Å². The first-order chi connectivity index (χ1) is 6.07. The van der Waals surface area contributed by atoms with Gasteiger partial charge in [-0.2, -0.15) is 0 Å². The number of carboxylic acid groups (broad SMARTS) is 1. The molecule has 0 aliphatic heterocycles. The Labute approximate surface area is 81.1 Å². The van der Waals surface area contributed by atoms with Gasteiger partial charge < -0.3 is 9.53 Å². The molecule has 0 aliphatic carbocycles. The fraction of sp³-hybridized carbons (Fsp3) is 0.667. The van der Waals surface area contributed by atoms with Gasteiger partial charge in [0, 0.05) is 0 Å². The van der Waals surface area contributed by atoms with Gasteiger partial charge >= 0.3 is 5.97 Å². The molecular weight excluding hydrogens is 184 g/mol. The zero-order valence-electron chi connectivity index (χ0n) is 8.54. The summed E-state index contributed by atoms with van der Waals surface area (Å²) < 4.78 is 5.26. The molecule has 0 spiro atoms. The summed E-state index contributed by atoms with van der Waals surface area (Å²) in [4.78, 5) is 10.7. The minimum atomic E-state index is -1.29. The van der Waals surface area contributed by atoms with E-state index in [1.807, 2.05) is 13.1 Å². The molecule has 0 aromatic rings. The Hall–Kier alpha value is -0.773. The summed E-state index contributed by atoms with van der Waals surface area (Å²) in [6, 6.07) is 0. The average molecular weight is 202 g/mol. The van der Waals surface area contributed by atoms with Crippen LogP contribution in [0, 0.1) is 0 Å². The van der Waals surface area contributed by atoms with Crippen molar-refractivity contribution in [2.45, 2.75) is 39.3 Å². The van der Waals surface area contributed by atoms with Crippen LogP contribution in [0.1, 0.15) is 26.2 Å². The molecule has 0 atom stereocenters. The summed E-state index contributed by atoms with van der Waals surface area (Å²) in [6.45, 7) is 5.99.